The molecule has 0 aliphatic carbocycles. The van der Waals surface area contributed by atoms with Gasteiger partial charge in [0.15, 0.2) is 11.5 Å². The number of aromatic hydroxyl groups is 1. The molecule has 1 aliphatic rings. The van der Waals surface area contributed by atoms with Crippen molar-refractivity contribution in [3.63, 3.8) is 0 Å². The lowest BCUT2D eigenvalue weighted by Gasteiger charge is -2.28. The number of carbonyl (C=O) groups excluding carboxylic acids is 2. The molecular weight excluding hydrogens is 504 g/mol. The maximum absolute atomic E-state index is 13.4. The number of amides is 2. The lowest BCUT2D eigenvalue weighted by atomic mass is 9.78. The first-order valence-electron chi connectivity index (χ1n) is 13.7. The van der Waals surface area contributed by atoms with E-state index in [9.17, 15) is 14.7 Å². The van der Waals surface area contributed by atoms with E-state index in [1.165, 1.54) is 0 Å². The van der Waals surface area contributed by atoms with Gasteiger partial charge in [0.25, 0.3) is 5.91 Å². The van der Waals surface area contributed by atoms with Crippen molar-refractivity contribution in [1.82, 2.24) is 5.32 Å². The van der Waals surface area contributed by atoms with E-state index < -0.39 is 6.04 Å². The predicted molar refractivity (Wildman–Crippen MR) is 157 cm³/mol. The molecule has 0 bridgehead atoms. The van der Waals surface area contributed by atoms with Gasteiger partial charge in [0.2, 0.25) is 12.7 Å². The smallest absolute Gasteiger partial charge is 0.251 e. The number of hydrogen-bond acceptors (Lipinski definition) is 5. The molecule has 1 atom stereocenters. The molecule has 0 saturated heterocycles. The number of ether oxygens (including phenoxy) is 2. The van der Waals surface area contributed by atoms with Gasteiger partial charge in [-0.25, -0.2) is 0 Å². The van der Waals surface area contributed by atoms with Gasteiger partial charge in [0.05, 0.1) is 0 Å². The van der Waals surface area contributed by atoms with Crippen LogP contribution in [0.2, 0.25) is 0 Å². The van der Waals surface area contributed by atoms with Crippen LogP contribution in [0.4, 0.5) is 5.69 Å². The average molecular weight is 545 g/mol. The molecule has 7 heteroatoms. The summed E-state index contributed by atoms with van der Waals surface area (Å²) in [6.07, 6.45) is 0.667. The van der Waals surface area contributed by atoms with Crippen LogP contribution in [0.3, 0.4) is 0 Å². The van der Waals surface area contributed by atoms with E-state index in [-0.39, 0.29) is 35.9 Å². The quantitative estimate of drug-likeness (QED) is 0.318. The summed E-state index contributed by atoms with van der Waals surface area (Å²) in [4.78, 5) is 26.7. The average Bonchev–Trinajstić information content (AvgIpc) is 3.34. The molecule has 0 saturated carbocycles. The van der Waals surface area contributed by atoms with Crippen molar-refractivity contribution >= 4 is 17.5 Å². The number of hydrogen-bond donors (Lipinski definition) is 3. The van der Waals surface area contributed by atoms with Gasteiger partial charge in [-0.05, 0) is 58.6 Å². The zero-order valence-corrected chi connectivity index (χ0v) is 24.5. The molecule has 40 heavy (non-hydrogen) atoms. The van der Waals surface area contributed by atoms with Gasteiger partial charge < -0.3 is 25.2 Å². The Hall–Kier alpha value is -4.00. The fourth-order valence-electron chi connectivity index (χ4n) is 4.72. The molecule has 7 nitrogen and oxygen atoms in total. The second-order valence-corrected chi connectivity index (χ2v) is 12.5. The molecule has 1 aliphatic heterocycles. The largest absolute Gasteiger partial charge is 0.507 e. The van der Waals surface area contributed by atoms with Crippen LogP contribution in [-0.2, 0) is 26.8 Å². The molecule has 3 aromatic rings. The monoisotopic (exact) mass is 544 g/mol. The van der Waals surface area contributed by atoms with Gasteiger partial charge in [0.1, 0.15) is 11.8 Å². The summed E-state index contributed by atoms with van der Waals surface area (Å²) in [6.45, 7) is 14.5. The van der Waals surface area contributed by atoms with Crippen LogP contribution in [-0.4, -0.2) is 23.7 Å². The minimum atomic E-state index is -0.881. The lowest BCUT2D eigenvalue weighted by molar-refractivity contribution is -0.126. The molecule has 0 radical (unpaired) electrons. The molecule has 2 amide bonds. The number of phenols is 1. The van der Waals surface area contributed by atoms with Crippen molar-refractivity contribution in [3.8, 4) is 17.2 Å². The van der Waals surface area contributed by atoms with Gasteiger partial charge in [0, 0.05) is 18.2 Å². The fourth-order valence-corrected chi connectivity index (χ4v) is 4.72. The Morgan fingerprint density at radius 1 is 0.875 bits per heavy atom. The van der Waals surface area contributed by atoms with E-state index in [1.807, 2.05) is 43.3 Å². The standard InChI is InChI=1S/C33H40N2O5/c1-20-8-11-22(12-9-20)29(31(38)34-23-13-14-26-27(18-23)40-19-39-26)35-28(36)15-10-21-16-24(32(2,3)4)30(37)25(17-21)33(5,6)7/h8-9,11-14,16-18,29,37H,10,15,19H2,1-7H3,(H,34,38)(H,35,36)/t29-/m1/s1. The van der Waals surface area contributed by atoms with Crippen molar-refractivity contribution in [1.29, 1.82) is 0 Å². The predicted octanol–water partition coefficient (Wildman–Crippen LogP) is 6.45. The van der Waals surface area contributed by atoms with E-state index in [0.29, 0.717) is 34.9 Å². The van der Waals surface area contributed by atoms with E-state index in [0.717, 1.165) is 22.3 Å². The minimum absolute atomic E-state index is 0.143. The summed E-state index contributed by atoms with van der Waals surface area (Å²) in [6, 6.07) is 15.8. The number of benzene rings is 3. The Morgan fingerprint density at radius 3 is 2.08 bits per heavy atom. The van der Waals surface area contributed by atoms with Crippen LogP contribution in [0.15, 0.2) is 54.6 Å². The number of phenolic OH excluding ortho intramolecular Hbond substituents is 1. The van der Waals surface area contributed by atoms with Crippen LogP contribution >= 0.6 is 0 Å². The maximum atomic E-state index is 13.4. The van der Waals surface area contributed by atoms with Crippen LogP contribution in [0.25, 0.3) is 0 Å². The van der Waals surface area contributed by atoms with Crippen molar-refractivity contribution < 1.29 is 24.2 Å². The maximum Gasteiger partial charge on any atom is 0.251 e. The van der Waals surface area contributed by atoms with Crippen LogP contribution < -0.4 is 20.1 Å². The SMILES string of the molecule is Cc1ccc([C@@H](NC(=O)CCc2cc(C(C)(C)C)c(O)c(C(C)(C)C)c2)C(=O)Nc2ccc3c(c2)OCO3)cc1. The highest BCUT2D eigenvalue weighted by Gasteiger charge is 2.27. The van der Waals surface area contributed by atoms with Gasteiger partial charge in [-0.3, -0.25) is 9.59 Å². The summed E-state index contributed by atoms with van der Waals surface area (Å²) in [7, 11) is 0. The Balaban J connectivity index is 1.53. The summed E-state index contributed by atoms with van der Waals surface area (Å²) >= 11 is 0. The van der Waals surface area contributed by atoms with Crippen LogP contribution in [0.5, 0.6) is 17.2 Å². The highest BCUT2D eigenvalue weighted by atomic mass is 16.7. The zero-order valence-electron chi connectivity index (χ0n) is 24.5. The molecule has 0 unspecified atom stereocenters. The fraction of sp³-hybridized carbons (Fsp3) is 0.394. The highest BCUT2D eigenvalue weighted by molar-refractivity contribution is 5.98. The van der Waals surface area contributed by atoms with Crippen molar-refractivity contribution in [2.75, 3.05) is 12.1 Å². The van der Waals surface area contributed by atoms with E-state index in [4.69, 9.17) is 9.47 Å². The summed E-state index contributed by atoms with van der Waals surface area (Å²) in [5, 5.41) is 16.9. The normalized spacial score (nSPS) is 13.6. The van der Waals surface area contributed by atoms with Crippen LogP contribution in [0.1, 0.15) is 81.8 Å². The molecule has 0 fully saturated rings. The van der Waals surface area contributed by atoms with Gasteiger partial charge in [-0.1, -0.05) is 83.5 Å². The summed E-state index contributed by atoms with van der Waals surface area (Å²) in [5.74, 6) is 0.902. The van der Waals surface area contributed by atoms with E-state index in [2.05, 4.69) is 52.2 Å². The molecule has 4 rings (SSSR count). The molecule has 212 valence electrons. The van der Waals surface area contributed by atoms with Crippen molar-refractivity contribution in [2.24, 2.45) is 0 Å². The van der Waals surface area contributed by atoms with E-state index >= 15 is 0 Å². The zero-order chi connectivity index (χ0) is 29.2. The van der Waals surface area contributed by atoms with E-state index in [1.54, 1.807) is 18.2 Å². The number of carbonyl (C=O) groups is 2. The molecule has 0 spiro atoms. The molecule has 3 aromatic carbocycles. The third-order valence-electron chi connectivity index (χ3n) is 7.04. The molecular formula is C33H40N2O5. The second-order valence-electron chi connectivity index (χ2n) is 12.5. The topological polar surface area (TPSA) is 96.9 Å². The third kappa shape index (κ3) is 6.76. The Kier molecular flexibility index (Phi) is 8.15. The van der Waals surface area contributed by atoms with Crippen molar-refractivity contribution in [3.05, 3.63) is 82.4 Å². The van der Waals surface area contributed by atoms with Crippen LogP contribution in [0, 0.1) is 6.92 Å². The number of nitrogens with one attached hydrogen (secondary N) is 2. The number of anilines is 1. The van der Waals surface area contributed by atoms with Gasteiger partial charge in [-0.15, -0.1) is 0 Å². The van der Waals surface area contributed by atoms with Crippen molar-refractivity contribution in [2.45, 2.75) is 78.2 Å². The Morgan fingerprint density at radius 2 is 1.48 bits per heavy atom. The molecule has 0 aromatic heterocycles. The first kappa shape index (κ1) is 29.0. The first-order valence-corrected chi connectivity index (χ1v) is 13.7. The summed E-state index contributed by atoms with van der Waals surface area (Å²) < 4.78 is 10.8. The van der Waals surface area contributed by atoms with Gasteiger partial charge in [-0.2, -0.15) is 0 Å². The lowest BCUT2D eigenvalue weighted by Crippen LogP contribution is -2.37. The highest BCUT2D eigenvalue weighted by Crippen LogP contribution is 2.40. The van der Waals surface area contributed by atoms with Gasteiger partial charge >= 0.3 is 0 Å². The Labute approximate surface area is 236 Å². The number of aryl methyl sites for hydroxylation is 2. The summed E-state index contributed by atoms with van der Waals surface area (Å²) in [5.41, 5.74) is 4.46. The number of fused-ring (bicyclic) bond motifs is 1. The Bertz CT molecular complexity index is 1360. The number of rotatable bonds is 7. The minimum Gasteiger partial charge on any atom is -0.507 e. The molecule has 1 heterocycles. The molecule has 3 N–H and O–H groups in total. The third-order valence-corrected chi connectivity index (χ3v) is 7.04. The first-order chi connectivity index (χ1) is 18.7. The second kappa shape index (κ2) is 11.2.